The summed E-state index contributed by atoms with van der Waals surface area (Å²) in [5.74, 6) is 0. The lowest BCUT2D eigenvalue weighted by molar-refractivity contribution is -0.698. The first-order chi connectivity index (χ1) is 23.2. The largest absolute Gasteiger partial charge is 0.347 e. The maximum atomic E-state index is 6.28. The molecule has 6 nitrogen and oxygen atoms in total. The number of unbranched alkanes of at least 4 members (excludes halogenated alkanes) is 18. The molecule has 0 bridgehead atoms. The Morgan fingerprint density at radius 1 is 0.489 bits per heavy atom. The zero-order valence-electron chi connectivity index (χ0n) is 30.2. The Morgan fingerprint density at radius 2 is 0.809 bits per heavy atom. The molecule has 0 radical (unpaired) electrons. The van der Waals surface area contributed by atoms with Gasteiger partial charge < -0.3 is 18.9 Å². The molecular formula is C41H68N2O4+2. The van der Waals surface area contributed by atoms with E-state index in [1.165, 1.54) is 128 Å². The molecule has 2 aliphatic rings. The average molecular weight is 653 g/mol. The van der Waals surface area contributed by atoms with Crippen LogP contribution in [0.3, 0.4) is 0 Å². The second kappa shape index (κ2) is 22.7. The molecule has 264 valence electrons. The molecule has 4 heterocycles. The van der Waals surface area contributed by atoms with Crippen molar-refractivity contribution >= 4 is 0 Å². The highest BCUT2D eigenvalue weighted by Crippen LogP contribution is 2.37. The standard InChI is InChI=1S/C41H68N2O4/c1-3-5-7-9-11-13-15-17-19-21-27-42-29-23-25-37(31-42)39-44-33-41(34-45-39)35-46-40(47-36-41)38-26-24-30-43(32-38)28-22-20-18-16-14-12-10-8-6-4-2/h23-26,29-32,39-40H,3-22,27-28,33-36H2,1-2H3/q+2. The normalized spacial score (nSPS) is 21.4. The summed E-state index contributed by atoms with van der Waals surface area (Å²) in [6.45, 7) is 8.96. The molecule has 0 atom stereocenters. The zero-order chi connectivity index (χ0) is 32.8. The van der Waals surface area contributed by atoms with Crippen molar-refractivity contribution in [2.75, 3.05) is 26.4 Å². The first-order valence-electron chi connectivity index (χ1n) is 19.7. The number of pyridine rings is 2. The number of nitrogens with zero attached hydrogens (tertiary/aromatic N) is 2. The van der Waals surface area contributed by atoms with Crippen LogP contribution >= 0.6 is 0 Å². The summed E-state index contributed by atoms with van der Waals surface area (Å²) in [5, 5.41) is 0. The maximum Gasteiger partial charge on any atom is 0.189 e. The fourth-order valence-corrected chi connectivity index (χ4v) is 6.95. The van der Waals surface area contributed by atoms with Gasteiger partial charge in [-0.05, 0) is 25.0 Å². The van der Waals surface area contributed by atoms with Crippen LogP contribution in [0.4, 0.5) is 0 Å². The van der Waals surface area contributed by atoms with Gasteiger partial charge >= 0.3 is 0 Å². The summed E-state index contributed by atoms with van der Waals surface area (Å²) in [7, 11) is 0. The van der Waals surface area contributed by atoms with E-state index >= 15 is 0 Å². The molecule has 6 heteroatoms. The molecule has 2 aromatic rings. The quantitative estimate of drug-likeness (QED) is 0.0837. The van der Waals surface area contributed by atoms with E-state index in [0.29, 0.717) is 26.4 Å². The number of hydrogen-bond donors (Lipinski definition) is 0. The summed E-state index contributed by atoms with van der Waals surface area (Å²) in [6.07, 6.45) is 35.2. The molecule has 1 spiro atoms. The molecule has 0 amide bonds. The van der Waals surface area contributed by atoms with E-state index < -0.39 is 0 Å². The summed E-state index contributed by atoms with van der Waals surface area (Å²) in [6, 6.07) is 8.45. The van der Waals surface area contributed by atoms with E-state index in [2.05, 4.69) is 72.0 Å². The average Bonchev–Trinajstić information content (AvgIpc) is 3.11. The van der Waals surface area contributed by atoms with Crippen molar-refractivity contribution in [2.45, 2.75) is 168 Å². The van der Waals surface area contributed by atoms with Gasteiger partial charge in [-0.25, -0.2) is 9.13 Å². The highest BCUT2D eigenvalue weighted by atomic mass is 16.7. The van der Waals surface area contributed by atoms with Crippen LogP contribution in [0.1, 0.15) is 166 Å². The van der Waals surface area contributed by atoms with Crippen LogP contribution in [0.2, 0.25) is 0 Å². The van der Waals surface area contributed by atoms with Crippen molar-refractivity contribution in [2.24, 2.45) is 5.41 Å². The van der Waals surface area contributed by atoms with E-state index in [9.17, 15) is 0 Å². The van der Waals surface area contributed by atoms with E-state index in [0.717, 1.165) is 24.2 Å². The second-order valence-corrected chi connectivity index (χ2v) is 14.5. The lowest BCUT2D eigenvalue weighted by atomic mass is 9.90. The molecule has 2 aromatic heterocycles. The monoisotopic (exact) mass is 653 g/mol. The van der Waals surface area contributed by atoms with Gasteiger partial charge in [0.1, 0.15) is 13.1 Å². The Kier molecular flexibility index (Phi) is 18.3. The summed E-state index contributed by atoms with van der Waals surface area (Å²) >= 11 is 0. The lowest BCUT2D eigenvalue weighted by Crippen LogP contribution is -2.49. The predicted octanol–water partition coefficient (Wildman–Crippen LogP) is 9.88. The molecule has 0 saturated carbocycles. The third-order valence-electron chi connectivity index (χ3n) is 10.0. The first kappa shape index (κ1) is 38.0. The van der Waals surface area contributed by atoms with Gasteiger partial charge in [0.05, 0.1) is 43.0 Å². The minimum Gasteiger partial charge on any atom is -0.347 e. The molecule has 0 aromatic carbocycles. The Hall–Kier alpha value is -1.86. The van der Waals surface area contributed by atoms with Crippen LogP contribution in [0.25, 0.3) is 0 Å². The highest BCUT2D eigenvalue weighted by molar-refractivity contribution is 5.09. The number of aryl methyl sites for hydroxylation is 2. The molecule has 0 unspecified atom stereocenters. The SMILES string of the molecule is CCCCCCCCCCCC[n+]1cccc(C2OCC3(CO2)COC(c2ccc[n+](CCCCCCCCCCCC)c2)OC3)c1. The molecule has 0 aliphatic carbocycles. The van der Waals surface area contributed by atoms with Crippen molar-refractivity contribution in [3.63, 3.8) is 0 Å². The van der Waals surface area contributed by atoms with Crippen molar-refractivity contribution < 1.29 is 28.1 Å². The summed E-state index contributed by atoms with van der Waals surface area (Å²) in [5.41, 5.74) is 1.91. The third kappa shape index (κ3) is 14.3. The van der Waals surface area contributed by atoms with Crippen molar-refractivity contribution in [3.05, 3.63) is 60.2 Å². The smallest absolute Gasteiger partial charge is 0.189 e. The molecule has 2 saturated heterocycles. The molecule has 47 heavy (non-hydrogen) atoms. The topological polar surface area (TPSA) is 44.7 Å². The second-order valence-electron chi connectivity index (χ2n) is 14.5. The Morgan fingerprint density at radius 3 is 1.15 bits per heavy atom. The predicted molar refractivity (Wildman–Crippen MR) is 189 cm³/mol. The Bertz CT molecular complexity index is 990. The summed E-state index contributed by atoms with van der Waals surface area (Å²) < 4.78 is 29.7. The van der Waals surface area contributed by atoms with E-state index in [4.69, 9.17) is 18.9 Å². The van der Waals surface area contributed by atoms with Crippen molar-refractivity contribution in [3.8, 4) is 0 Å². The fraction of sp³-hybridized carbons (Fsp3) is 0.756. The van der Waals surface area contributed by atoms with Crippen LogP contribution in [0.15, 0.2) is 49.1 Å². The number of hydrogen-bond acceptors (Lipinski definition) is 4. The number of ether oxygens (including phenoxy) is 4. The van der Waals surface area contributed by atoms with Gasteiger partial charge in [0.2, 0.25) is 0 Å². The first-order valence-corrected chi connectivity index (χ1v) is 19.7. The minimum absolute atomic E-state index is 0.255. The fourth-order valence-electron chi connectivity index (χ4n) is 6.95. The van der Waals surface area contributed by atoms with Gasteiger partial charge in [-0.15, -0.1) is 0 Å². The van der Waals surface area contributed by atoms with Gasteiger partial charge in [-0.1, -0.05) is 117 Å². The van der Waals surface area contributed by atoms with Crippen LogP contribution in [0, 0.1) is 5.41 Å². The van der Waals surface area contributed by atoms with Gasteiger partial charge in [-0.3, -0.25) is 0 Å². The minimum atomic E-state index is -0.336. The maximum absolute atomic E-state index is 6.28. The molecule has 2 aliphatic heterocycles. The molecule has 4 rings (SSSR count). The van der Waals surface area contributed by atoms with E-state index in [1.54, 1.807) is 0 Å². The third-order valence-corrected chi connectivity index (χ3v) is 10.0. The summed E-state index contributed by atoms with van der Waals surface area (Å²) in [4.78, 5) is 0. The lowest BCUT2D eigenvalue weighted by Gasteiger charge is -2.43. The number of rotatable bonds is 24. The van der Waals surface area contributed by atoms with E-state index in [1.807, 2.05) is 0 Å². The van der Waals surface area contributed by atoms with Crippen molar-refractivity contribution in [1.29, 1.82) is 0 Å². The Balaban J connectivity index is 1.09. The zero-order valence-corrected chi connectivity index (χ0v) is 30.2. The Labute approximate surface area is 287 Å². The van der Waals surface area contributed by atoms with Crippen LogP contribution in [0.5, 0.6) is 0 Å². The highest BCUT2D eigenvalue weighted by Gasteiger charge is 2.43. The van der Waals surface area contributed by atoms with Gasteiger partial charge in [0, 0.05) is 25.0 Å². The molecule has 0 N–H and O–H groups in total. The van der Waals surface area contributed by atoms with Gasteiger partial charge in [0.25, 0.3) is 0 Å². The molecule has 2 fully saturated rings. The van der Waals surface area contributed by atoms with E-state index in [-0.39, 0.29) is 18.0 Å². The van der Waals surface area contributed by atoms with Crippen LogP contribution in [-0.4, -0.2) is 26.4 Å². The van der Waals surface area contributed by atoms with Gasteiger partial charge in [-0.2, -0.15) is 0 Å². The van der Waals surface area contributed by atoms with Crippen LogP contribution in [-0.2, 0) is 32.0 Å². The van der Waals surface area contributed by atoms with Crippen LogP contribution < -0.4 is 9.13 Å². The van der Waals surface area contributed by atoms with Crippen molar-refractivity contribution in [1.82, 2.24) is 0 Å². The van der Waals surface area contributed by atoms with Gasteiger partial charge in [0.15, 0.2) is 37.4 Å². The number of aromatic nitrogens is 2. The molecular weight excluding hydrogens is 584 g/mol.